The summed E-state index contributed by atoms with van der Waals surface area (Å²) >= 11 is 0. The average molecular weight is 754 g/mol. The third-order valence-corrected chi connectivity index (χ3v) is 9.65. The molecule has 2 fully saturated rings. The molecule has 0 bridgehead atoms. The van der Waals surface area contributed by atoms with E-state index in [1.54, 1.807) is 24.2 Å². The van der Waals surface area contributed by atoms with Crippen molar-refractivity contribution in [2.24, 2.45) is 5.92 Å². The van der Waals surface area contributed by atoms with Crippen LogP contribution in [0.4, 0.5) is 15.4 Å². The molecule has 0 spiro atoms. The number of hydrogen-bond donors (Lipinski definition) is 4. The Hall–Kier alpha value is -5.62. The number of anilines is 1. The summed E-state index contributed by atoms with van der Waals surface area (Å²) in [6.07, 6.45) is -4.95. The highest BCUT2D eigenvalue weighted by atomic mass is 16.7. The van der Waals surface area contributed by atoms with E-state index in [9.17, 15) is 39.6 Å². The molecule has 2 aliphatic rings. The zero-order valence-electron chi connectivity index (χ0n) is 30.1. The number of pyridine rings is 1. The number of likely N-dealkylation sites (tertiary alicyclic amines) is 1. The maximum absolute atomic E-state index is 13.5. The quantitative estimate of drug-likeness (QED) is 0.199. The number of amides is 3. The molecule has 0 saturated carbocycles. The Morgan fingerprint density at radius 1 is 1.04 bits per heavy atom. The van der Waals surface area contributed by atoms with Crippen molar-refractivity contribution in [3.05, 3.63) is 42.6 Å². The second-order valence-electron chi connectivity index (χ2n) is 13.2. The lowest BCUT2D eigenvalue weighted by Crippen LogP contribution is -2.61. The number of aromatic nitrogens is 4. The number of nitrogens with zero attached hydrogens (tertiary/aromatic N) is 9. The topological polar surface area (TPSA) is 257 Å². The van der Waals surface area contributed by atoms with Crippen LogP contribution in [0.15, 0.2) is 36.9 Å². The zero-order valence-corrected chi connectivity index (χ0v) is 30.1. The van der Waals surface area contributed by atoms with Crippen molar-refractivity contribution in [2.75, 3.05) is 52.2 Å². The fraction of sp³-hybridized carbons (Fsp3) is 0.529. The van der Waals surface area contributed by atoms with Crippen molar-refractivity contribution in [1.82, 2.24) is 34.2 Å². The molecule has 20 heteroatoms. The number of ether oxygens (including phenoxy) is 3. The lowest BCUT2D eigenvalue weighted by atomic mass is 9.92. The van der Waals surface area contributed by atoms with Crippen molar-refractivity contribution >= 4 is 40.9 Å². The monoisotopic (exact) mass is 753 g/mol. The summed E-state index contributed by atoms with van der Waals surface area (Å²) in [5, 5.41) is 49.3. The van der Waals surface area contributed by atoms with E-state index in [2.05, 4.69) is 21.9 Å². The van der Waals surface area contributed by atoms with E-state index in [0.29, 0.717) is 29.9 Å². The lowest BCUT2D eigenvalue weighted by molar-refractivity contribution is -0.271. The van der Waals surface area contributed by atoms with Crippen molar-refractivity contribution in [1.29, 1.82) is 5.26 Å². The van der Waals surface area contributed by atoms with Crippen LogP contribution >= 0.6 is 0 Å². The molecule has 5 heterocycles. The Balaban J connectivity index is 1.17. The molecule has 3 aromatic heterocycles. The van der Waals surface area contributed by atoms with Crippen LogP contribution in [0.3, 0.4) is 0 Å². The van der Waals surface area contributed by atoms with Gasteiger partial charge in [-0.15, -0.1) is 0 Å². The summed E-state index contributed by atoms with van der Waals surface area (Å²) in [5.41, 5.74) is 0.463. The molecule has 7 atom stereocenters. The minimum atomic E-state index is -1.90. The van der Waals surface area contributed by atoms with Gasteiger partial charge in [0.05, 0.1) is 17.5 Å². The second-order valence-corrected chi connectivity index (χ2v) is 13.2. The summed E-state index contributed by atoms with van der Waals surface area (Å²) in [6.45, 7) is 2.91. The molecule has 3 amide bonds. The van der Waals surface area contributed by atoms with Crippen molar-refractivity contribution in [3.8, 4) is 11.8 Å². The van der Waals surface area contributed by atoms with E-state index in [4.69, 9.17) is 19.5 Å². The Labute approximate surface area is 309 Å². The van der Waals surface area contributed by atoms with Crippen LogP contribution in [0, 0.1) is 17.2 Å². The number of carboxylic acid groups (broad SMARTS) is 1. The standard InChI is InChI=1S/C34H43N9O11/c1-19-8-12-42(24(44)7-10-35)16-22(19)41(4)29-20-9-13-43(30(20)38-18-37-29)33(50)39(2)14-15-40(3)34(51)52-17-21-23(6-5-11-36-21)53-32-27(47)25(45)26(46)28(54-32)31(48)49/h5-6,9,11,13,18-19,22,25-28,32,45-47H,7-8,12,14-17H2,1-4H3,(H,48,49)/t19-,22+,25+,26+,27-,28+,32-/m1/s1. The smallest absolute Gasteiger partial charge is 0.409 e. The molecule has 5 rings (SSSR count). The number of hydrogen-bond acceptors (Lipinski definition) is 15. The van der Waals surface area contributed by atoms with Gasteiger partial charge in [-0.2, -0.15) is 5.26 Å². The van der Waals surface area contributed by atoms with Gasteiger partial charge in [0.1, 0.15) is 54.9 Å². The van der Waals surface area contributed by atoms with Crippen molar-refractivity contribution < 1.29 is 53.8 Å². The van der Waals surface area contributed by atoms with Gasteiger partial charge < -0.3 is 54.2 Å². The number of carbonyl (C=O) groups is 4. The third kappa shape index (κ3) is 8.44. The van der Waals surface area contributed by atoms with Gasteiger partial charge in [-0.25, -0.2) is 24.4 Å². The molecule has 290 valence electrons. The number of piperidine rings is 1. The molecular formula is C34H43N9O11. The van der Waals surface area contributed by atoms with Gasteiger partial charge in [-0.3, -0.25) is 14.3 Å². The van der Waals surface area contributed by atoms with Crippen molar-refractivity contribution in [3.63, 3.8) is 0 Å². The minimum Gasteiger partial charge on any atom is -0.479 e. The normalized spacial score (nSPS) is 24.0. The van der Waals surface area contributed by atoms with Gasteiger partial charge >= 0.3 is 18.1 Å². The van der Waals surface area contributed by atoms with Gasteiger partial charge in [0, 0.05) is 59.7 Å². The molecule has 2 saturated heterocycles. The van der Waals surface area contributed by atoms with Gasteiger partial charge in [-0.1, -0.05) is 6.92 Å². The fourth-order valence-electron chi connectivity index (χ4n) is 6.31. The summed E-state index contributed by atoms with van der Waals surface area (Å²) in [4.78, 5) is 69.6. The van der Waals surface area contributed by atoms with Crippen LogP contribution < -0.4 is 9.64 Å². The summed E-state index contributed by atoms with van der Waals surface area (Å²) in [5.74, 6) is -0.997. The highest BCUT2D eigenvalue weighted by Crippen LogP contribution is 2.30. The molecule has 3 aromatic rings. The highest BCUT2D eigenvalue weighted by Gasteiger charge is 2.48. The molecule has 0 aliphatic carbocycles. The first kappa shape index (κ1) is 39.6. The maximum atomic E-state index is 13.5. The number of nitriles is 1. The number of carboxylic acids is 1. The van der Waals surface area contributed by atoms with Crippen LogP contribution in [0.2, 0.25) is 0 Å². The number of likely N-dealkylation sites (N-methyl/N-ethyl adjacent to an activating group) is 3. The number of fused-ring (bicyclic) bond motifs is 1. The lowest BCUT2D eigenvalue weighted by Gasteiger charge is -2.42. The number of aliphatic hydroxyl groups is 3. The van der Waals surface area contributed by atoms with Crippen LogP contribution in [-0.2, 0) is 25.7 Å². The van der Waals surface area contributed by atoms with E-state index < -0.39 is 55.4 Å². The fourth-order valence-corrected chi connectivity index (χ4v) is 6.31. The predicted molar refractivity (Wildman–Crippen MR) is 186 cm³/mol. The predicted octanol–water partition coefficient (Wildman–Crippen LogP) is -0.147. The Bertz CT molecular complexity index is 1890. The van der Waals surface area contributed by atoms with Crippen LogP contribution in [-0.4, -0.2) is 163 Å². The summed E-state index contributed by atoms with van der Waals surface area (Å²) in [7, 11) is 4.93. The van der Waals surface area contributed by atoms with E-state index in [0.717, 1.165) is 6.42 Å². The molecule has 20 nitrogen and oxygen atoms in total. The third-order valence-electron chi connectivity index (χ3n) is 9.65. The van der Waals surface area contributed by atoms with E-state index in [1.165, 1.54) is 46.1 Å². The van der Waals surface area contributed by atoms with Gasteiger partial charge in [-0.05, 0) is 30.5 Å². The van der Waals surface area contributed by atoms with Gasteiger partial charge in [0.15, 0.2) is 11.8 Å². The number of aliphatic hydroxyl groups excluding tert-OH is 3. The number of carbonyl (C=O) groups excluding carboxylic acids is 3. The second kappa shape index (κ2) is 17.0. The maximum Gasteiger partial charge on any atom is 0.409 e. The minimum absolute atomic E-state index is 0.0342. The summed E-state index contributed by atoms with van der Waals surface area (Å²) in [6, 6.07) is 6.05. The summed E-state index contributed by atoms with van der Waals surface area (Å²) < 4.78 is 17.5. The van der Waals surface area contributed by atoms with E-state index >= 15 is 0 Å². The average Bonchev–Trinajstić information content (AvgIpc) is 3.60. The first-order valence-corrected chi connectivity index (χ1v) is 17.1. The molecule has 54 heavy (non-hydrogen) atoms. The largest absolute Gasteiger partial charge is 0.479 e. The van der Waals surface area contributed by atoms with Crippen LogP contribution in [0.1, 0.15) is 25.5 Å². The molecule has 0 aromatic carbocycles. The molecule has 0 unspecified atom stereocenters. The SMILES string of the molecule is C[C@@H]1CCN(C(=O)CC#N)C[C@@H]1N(C)c1ncnc2c1ccn2C(=O)N(C)CCN(C)C(=O)OCc1ncccc1O[C@@H]1O[C@H](C(=O)O)[C@@H](O)[C@H](O)[C@H]1O. The van der Waals surface area contributed by atoms with E-state index in [1.807, 2.05) is 18.0 Å². The Morgan fingerprint density at radius 2 is 1.78 bits per heavy atom. The molecule has 0 radical (unpaired) electrons. The van der Waals surface area contributed by atoms with Crippen molar-refractivity contribution in [2.45, 2.75) is 63.1 Å². The molecular weight excluding hydrogens is 710 g/mol. The Kier molecular flexibility index (Phi) is 12.5. The number of aliphatic carboxylic acids is 1. The van der Waals surface area contributed by atoms with E-state index in [-0.39, 0.29) is 48.8 Å². The first-order chi connectivity index (χ1) is 25.7. The Morgan fingerprint density at radius 3 is 2.50 bits per heavy atom. The first-order valence-electron chi connectivity index (χ1n) is 17.1. The highest BCUT2D eigenvalue weighted by molar-refractivity contribution is 5.95. The van der Waals surface area contributed by atoms with Gasteiger partial charge in [0.25, 0.3) is 0 Å². The molecule has 2 aliphatic heterocycles. The van der Waals surface area contributed by atoms with Crippen LogP contribution in [0.5, 0.6) is 5.75 Å². The molecule has 4 N–H and O–H groups in total. The number of rotatable bonds is 11. The van der Waals surface area contributed by atoms with Crippen LogP contribution in [0.25, 0.3) is 11.0 Å². The van der Waals surface area contributed by atoms with Gasteiger partial charge in [0.2, 0.25) is 12.2 Å². The zero-order chi connectivity index (χ0) is 39.3.